The maximum atomic E-state index is 13.5. The molecule has 32 heavy (non-hydrogen) atoms. The van der Waals surface area contributed by atoms with Gasteiger partial charge in [-0.15, -0.1) is 0 Å². The standard InChI is InChI=1S/C27H33N3O2/c31-26(28-21-11-5-2-6-12-21)25-23-13-7-8-14-24(23)27(32)30(25)22-15-17-29(18-16-22)19-20-9-3-1-4-10-20/h1,3-4,7-10,13-14,21-22,25H,2,5-6,11-12,15-19H2,(H,28,31). The van der Waals surface area contributed by atoms with Crippen LogP contribution in [0.4, 0.5) is 0 Å². The van der Waals surface area contributed by atoms with E-state index in [4.69, 9.17) is 0 Å². The minimum atomic E-state index is -0.494. The topological polar surface area (TPSA) is 52.7 Å². The van der Waals surface area contributed by atoms with Gasteiger partial charge >= 0.3 is 0 Å². The summed E-state index contributed by atoms with van der Waals surface area (Å²) in [6, 6.07) is 18.1. The van der Waals surface area contributed by atoms with Crippen LogP contribution in [-0.4, -0.2) is 46.8 Å². The molecule has 168 valence electrons. The van der Waals surface area contributed by atoms with Crippen molar-refractivity contribution in [2.24, 2.45) is 0 Å². The summed E-state index contributed by atoms with van der Waals surface area (Å²) in [4.78, 5) is 31.2. The van der Waals surface area contributed by atoms with E-state index >= 15 is 0 Å². The molecule has 1 atom stereocenters. The van der Waals surface area contributed by atoms with Gasteiger partial charge in [-0.2, -0.15) is 0 Å². The summed E-state index contributed by atoms with van der Waals surface area (Å²) in [5, 5.41) is 3.29. The minimum absolute atomic E-state index is 0.00177. The van der Waals surface area contributed by atoms with Crippen molar-refractivity contribution in [3.63, 3.8) is 0 Å². The van der Waals surface area contributed by atoms with Crippen molar-refractivity contribution in [3.8, 4) is 0 Å². The molecule has 5 nitrogen and oxygen atoms in total. The third-order valence-electron chi connectivity index (χ3n) is 7.40. The number of carbonyl (C=O) groups is 2. The first-order valence-corrected chi connectivity index (χ1v) is 12.2. The fourth-order valence-corrected chi connectivity index (χ4v) is 5.70. The van der Waals surface area contributed by atoms with E-state index in [9.17, 15) is 9.59 Å². The molecule has 3 aliphatic rings. The summed E-state index contributed by atoms with van der Waals surface area (Å²) in [6.07, 6.45) is 7.51. The van der Waals surface area contributed by atoms with Crippen LogP contribution in [0.25, 0.3) is 0 Å². The Hall–Kier alpha value is -2.66. The van der Waals surface area contributed by atoms with E-state index < -0.39 is 6.04 Å². The van der Waals surface area contributed by atoms with Crippen LogP contribution in [0.1, 0.15) is 72.5 Å². The lowest BCUT2D eigenvalue weighted by molar-refractivity contribution is -0.127. The monoisotopic (exact) mass is 431 g/mol. The molecule has 0 radical (unpaired) electrons. The fraction of sp³-hybridized carbons (Fsp3) is 0.481. The normalized spacial score (nSPS) is 22.7. The first-order valence-electron chi connectivity index (χ1n) is 12.2. The Bertz CT molecular complexity index is 946. The molecule has 1 aliphatic carbocycles. The molecule has 0 aromatic heterocycles. The first-order chi connectivity index (χ1) is 15.7. The second-order valence-corrected chi connectivity index (χ2v) is 9.54. The minimum Gasteiger partial charge on any atom is -0.351 e. The van der Waals surface area contributed by atoms with Crippen LogP contribution >= 0.6 is 0 Å². The number of rotatable bonds is 5. The van der Waals surface area contributed by atoms with Crippen molar-refractivity contribution in [3.05, 3.63) is 71.3 Å². The van der Waals surface area contributed by atoms with Crippen molar-refractivity contribution in [1.29, 1.82) is 0 Å². The van der Waals surface area contributed by atoms with Crippen LogP contribution in [-0.2, 0) is 11.3 Å². The smallest absolute Gasteiger partial charge is 0.255 e. The third kappa shape index (κ3) is 4.31. The zero-order valence-corrected chi connectivity index (χ0v) is 18.7. The molecule has 1 unspecified atom stereocenters. The van der Waals surface area contributed by atoms with Gasteiger partial charge in [-0.25, -0.2) is 0 Å². The number of likely N-dealkylation sites (tertiary alicyclic amines) is 1. The summed E-state index contributed by atoms with van der Waals surface area (Å²) in [6.45, 7) is 2.82. The molecule has 1 saturated carbocycles. The number of carbonyl (C=O) groups excluding carboxylic acids is 2. The maximum absolute atomic E-state index is 13.5. The number of piperidine rings is 1. The molecule has 0 bridgehead atoms. The van der Waals surface area contributed by atoms with Crippen LogP contribution in [0.15, 0.2) is 54.6 Å². The highest BCUT2D eigenvalue weighted by Crippen LogP contribution is 2.38. The molecule has 2 aliphatic heterocycles. The summed E-state index contributed by atoms with van der Waals surface area (Å²) in [5.41, 5.74) is 2.89. The highest BCUT2D eigenvalue weighted by Gasteiger charge is 2.45. The number of nitrogens with one attached hydrogen (secondary N) is 1. The molecule has 2 aromatic carbocycles. The van der Waals surface area contributed by atoms with Crippen molar-refractivity contribution in [1.82, 2.24) is 15.1 Å². The summed E-state index contributed by atoms with van der Waals surface area (Å²) < 4.78 is 0. The molecule has 2 amide bonds. The van der Waals surface area contributed by atoms with Crippen molar-refractivity contribution in [2.75, 3.05) is 13.1 Å². The Morgan fingerprint density at radius 2 is 1.56 bits per heavy atom. The van der Waals surface area contributed by atoms with E-state index in [2.05, 4.69) is 34.5 Å². The molecule has 5 heteroatoms. The average Bonchev–Trinajstić information content (AvgIpc) is 3.14. The molecule has 2 fully saturated rings. The van der Waals surface area contributed by atoms with Crippen LogP contribution in [0.2, 0.25) is 0 Å². The van der Waals surface area contributed by atoms with Crippen molar-refractivity contribution in [2.45, 2.75) is 69.6 Å². The molecular weight excluding hydrogens is 398 g/mol. The molecular formula is C27H33N3O2. The molecule has 1 N–H and O–H groups in total. The quantitative estimate of drug-likeness (QED) is 0.768. The highest BCUT2D eigenvalue weighted by molar-refractivity contribution is 6.05. The zero-order valence-electron chi connectivity index (χ0n) is 18.7. The number of amides is 2. The Kier molecular flexibility index (Phi) is 6.26. The van der Waals surface area contributed by atoms with E-state index in [1.165, 1.54) is 24.8 Å². The lowest BCUT2D eigenvalue weighted by Gasteiger charge is -2.39. The highest BCUT2D eigenvalue weighted by atomic mass is 16.2. The number of nitrogens with zero attached hydrogens (tertiary/aromatic N) is 2. The molecule has 1 saturated heterocycles. The van der Waals surface area contributed by atoms with Gasteiger partial charge in [0.2, 0.25) is 5.91 Å². The number of hydrogen-bond acceptors (Lipinski definition) is 3. The van der Waals surface area contributed by atoms with Gasteiger partial charge in [-0.05, 0) is 42.9 Å². The second-order valence-electron chi connectivity index (χ2n) is 9.54. The Balaban J connectivity index is 1.30. The Morgan fingerprint density at radius 1 is 0.875 bits per heavy atom. The Morgan fingerprint density at radius 3 is 2.31 bits per heavy atom. The van der Waals surface area contributed by atoms with Crippen molar-refractivity contribution >= 4 is 11.8 Å². The summed E-state index contributed by atoms with van der Waals surface area (Å²) in [7, 11) is 0. The van der Waals surface area contributed by atoms with Gasteiger partial charge < -0.3 is 10.2 Å². The SMILES string of the molecule is O=C(NC1CCCCC1)C1c2ccccc2C(=O)N1C1CCN(Cc2ccccc2)CC1. The predicted octanol–water partition coefficient (Wildman–Crippen LogP) is 4.30. The second kappa shape index (κ2) is 9.45. The van der Waals surface area contributed by atoms with Crippen LogP contribution in [0, 0.1) is 0 Å². The number of hydrogen-bond donors (Lipinski definition) is 1. The van der Waals surface area contributed by atoms with Gasteiger partial charge in [0.05, 0.1) is 0 Å². The Labute approximate surface area is 190 Å². The zero-order chi connectivity index (χ0) is 21.9. The molecule has 2 aromatic rings. The van der Waals surface area contributed by atoms with Crippen LogP contribution in [0.3, 0.4) is 0 Å². The maximum Gasteiger partial charge on any atom is 0.255 e. The van der Waals surface area contributed by atoms with E-state index in [1.54, 1.807) is 0 Å². The van der Waals surface area contributed by atoms with Crippen molar-refractivity contribution < 1.29 is 9.59 Å². The average molecular weight is 432 g/mol. The lowest BCUT2D eigenvalue weighted by atomic mass is 9.94. The fourth-order valence-electron chi connectivity index (χ4n) is 5.70. The first kappa shape index (κ1) is 21.2. The molecule has 2 heterocycles. The van der Waals surface area contributed by atoms with Gasteiger partial charge in [0, 0.05) is 37.3 Å². The van der Waals surface area contributed by atoms with E-state index in [0.29, 0.717) is 5.56 Å². The van der Waals surface area contributed by atoms with Crippen LogP contribution < -0.4 is 5.32 Å². The number of fused-ring (bicyclic) bond motifs is 1. The summed E-state index contributed by atoms with van der Waals surface area (Å²) in [5.74, 6) is 0.0211. The van der Waals surface area contributed by atoms with Gasteiger partial charge in [-0.1, -0.05) is 67.8 Å². The predicted molar refractivity (Wildman–Crippen MR) is 125 cm³/mol. The van der Waals surface area contributed by atoms with E-state index in [0.717, 1.165) is 50.9 Å². The van der Waals surface area contributed by atoms with E-state index in [1.807, 2.05) is 35.2 Å². The van der Waals surface area contributed by atoms with Gasteiger partial charge in [-0.3, -0.25) is 14.5 Å². The van der Waals surface area contributed by atoms with E-state index in [-0.39, 0.29) is 23.9 Å². The third-order valence-corrected chi connectivity index (χ3v) is 7.40. The van der Waals surface area contributed by atoms with Crippen LogP contribution in [0.5, 0.6) is 0 Å². The van der Waals surface area contributed by atoms with Gasteiger partial charge in [0.25, 0.3) is 5.91 Å². The molecule has 5 rings (SSSR count). The summed E-state index contributed by atoms with van der Waals surface area (Å²) >= 11 is 0. The lowest BCUT2D eigenvalue weighted by Crippen LogP contribution is -2.50. The van der Waals surface area contributed by atoms with Gasteiger partial charge in [0.1, 0.15) is 6.04 Å². The number of benzene rings is 2. The largest absolute Gasteiger partial charge is 0.351 e. The molecule has 0 spiro atoms. The van der Waals surface area contributed by atoms with Gasteiger partial charge in [0.15, 0.2) is 0 Å².